The van der Waals surface area contributed by atoms with E-state index < -0.39 is 36.2 Å². The number of amides is 2. The summed E-state index contributed by atoms with van der Waals surface area (Å²) in [5, 5.41) is 11.6. The van der Waals surface area contributed by atoms with E-state index in [1.165, 1.54) is 12.1 Å². The van der Waals surface area contributed by atoms with Crippen LogP contribution in [0.1, 0.15) is 32.4 Å². The number of hydrogen-bond acceptors (Lipinski definition) is 5. The second-order valence-corrected chi connectivity index (χ2v) is 5.71. The smallest absolute Gasteiger partial charge is 0.408 e. The van der Waals surface area contributed by atoms with Crippen molar-refractivity contribution >= 4 is 18.0 Å². The second kappa shape index (κ2) is 7.48. The number of ether oxygens (including phenoxy) is 2. The number of nitrogens with one attached hydrogen (secondary N) is 1. The first-order valence-electron chi connectivity index (χ1n) is 6.82. The van der Waals surface area contributed by atoms with Gasteiger partial charge in [-0.15, -0.1) is 0 Å². The molecule has 0 spiro atoms. The average Bonchev–Trinajstić information content (AvgIpc) is 2.40. The normalized spacial score (nSPS) is 12.1. The van der Waals surface area contributed by atoms with E-state index in [0.29, 0.717) is 0 Å². The van der Waals surface area contributed by atoms with Crippen LogP contribution in [-0.2, 0) is 14.3 Å². The van der Waals surface area contributed by atoms with Crippen molar-refractivity contribution in [2.75, 3.05) is 6.61 Å². The lowest BCUT2D eigenvalue weighted by Crippen LogP contribution is -2.38. The third kappa shape index (κ3) is 6.25. The predicted molar refractivity (Wildman–Crippen MR) is 80.9 cm³/mol. The van der Waals surface area contributed by atoms with E-state index in [4.69, 9.17) is 15.2 Å². The summed E-state index contributed by atoms with van der Waals surface area (Å²) in [7, 11) is 0. The van der Waals surface area contributed by atoms with Crippen LogP contribution in [0, 0.1) is 0 Å². The molecule has 0 saturated heterocycles. The fourth-order valence-corrected chi connectivity index (χ4v) is 1.70. The zero-order chi connectivity index (χ0) is 17.6. The molecule has 0 aliphatic carbocycles. The maximum atomic E-state index is 11.8. The Morgan fingerprint density at radius 3 is 2.39 bits per heavy atom. The molecule has 4 N–H and O–H groups in total. The molecular formula is C15H20N2O6. The minimum Gasteiger partial charge on any atom is -0.483 e. The Morgan fingerprint density at radius 1 is 1.26 bits per heavy atom. The molecule has 0 aliphatic rings. The van der Waals surface area contributed by atoms with Gasteiger partial charge >= 0.3 is 12.1 Å². The number of alkyl carbamates (subject to hydrolysis) is 1. The van der Waals surface area contributed by atoms with Crippen LogP contribution in [0.15, 0.2) is 24.3 Å². The zero-order valence-corrected chi connectivity index (χ0v) is 13.2. The quantitative estimate of drug-likeness (QED) is 0.721. The fourth-order valence-electron chi connectivity index (χ4n) is 1.70. The van der Waals surface area contributed by atoms with Crippen molar-refractivity contribution in [1.29, 1.82) is 0 Å². The minimum atomic E-state index is -1.39. The summed E-state index contributed by atoms with van der Waals surface area (Å²) in [5.41, 5.74) is 4.41. The van der Waals surface area contributed by atoms with Crippen LogP contribution in [-0.4, -0.2) is 35.3 Å². The van der Waals surface area contributed by atoms with Crippen molar-refractivity contribution in [1.82, 2.24) is 5.32 Å². The van der Waals surface area contributed by atoms with Crippen molar-refractivity contribution < 1.29 is 29.0 Å². The molecule has 0 aromatic heterocycles. The van der Waals surface area contributed by atoms with Crippen LogP contribution >= 0.6 is 0 Å². The van der Waals surface area contributed by atoms with E-state index in [0.717, 1.165) is 0 Å². The van der Waals surface area contributed by atoms with Crippen LogP contribution in [0.2, 0.25) is 0 Å². The topological polar surface area (TPSA) is 128 Å². The van der Waals surface area contributed by atoms with Gasteiger partial charge in [0.15, 0.2) is 12.6 Å². The summed E-state index contributed by atoms with van der Waals surface area (Å²) in [4.78, 5) is 34.1. The minimum absolute atomic E-state index is 0.134. The maximum absolute atomic E-state index is 11.8. The van der Waals surface area contributed by atoms with Gasteiger partial charge in [-0.1, -0.05) is 18.2 Å². The molecule has 1 rings (SSSR count). The number of carbonyl (C=O) groups is 3. The molecule has 126 valence electrons. The first kappa shape index (κ1) is 18.3. The predicted octanol–water partition coefficient (Wildman–Crippen LogP) is 1.20. The molecule has 0 radical (unpaired) electrons. The van der Waals surface area contributed by atoms with Gasteiger partial charge in [0.05, 0.1) is 0 Å². The van der Waals surface area contributed by atoms with Gasteiger partial charge in [0, 0.05) is 5.56 Å². The molecule has 0 heterocycles. The lowest BCUT2D eigenvalue weighted by Gasteiger charge is -2.23. The highest BCUT2D eigenvalue weighted by Crippen LogP contribution is 2.25. The van der Waals surface area contributed by atoms with Crippen molar-refractivity contribution in [3.05, 3.63) is 29.8 Å². The lowest BCUT2D eigenvalue weighted by atomic mass is 10.1. The van der Waals surface area contributed by atoms with Crippen LogP contribution in [0.25, 0.3) is 0 Å². The number of primary amides is 1. The summed E-state index contributed by atoms with van der Waals surface area (Å²) >= 11 is 0. The zero-order valence-electron chi connectivity index (χ0n) is 13.2. The van der Waals surface area contributed by atoms with E-state index in [2.05, 4.69) is 5.32 Å². The Kier molecular flexibility index (Phi) is 5.94. The molecule has 1 aromatic carbocycles. The van der Waals surface area contributed by atoms with Crippen LogP contribution < -0.4 is 15.8 Å². The third-order valence-electron chi connectivity index (χ3n) is 2.51. The number of para-hydroxylation sites is 1. The highest BCUT2D eigenvalue weighted by molar-refractivity contribution is 5.82. The molecule has 0 aliphatic heterocycles. The SMILES string of the molecule is CC(C)(C)OC(=O)N[C@@H](C(=O)O)c1ccccc1OCC(N)=O. The standard InChI is InChI=1S/C15H20N2O6/c1-15(2,3)23-14(21)17-12(13(19)20)9-6-4-5-7-10(9)22-8-11(16)18/h4-7,12H,8H2,1-3H3,(H2,16,18)(H,17,21)(H,19,20)/t12-/m1/s1. The molecule has 23 heavy (non-hydrogen) atoms. The number of hydrogen-bond donors (Lipinski definition) is 3. The summed E-state index contributed by atoms with van der Waals surface area (Å²) < 4.78 is 10.2. The molecule has 0 saturated carbocycles. The van der Waals surface area contributed by atoms with Crippen LogP contribution in [0.4, 0.5) is 4.79 Å². The van der Waals surface area contributed by atoms with Gasteiger partial charge in [-0.05, 0) is 26.8 Å². The monoisotopic (exact) mass is 324 g/mol. The Hall–Kier alpha value is -2.77. The number of carbonyl (C=O) groups excluding carboxylic acids is 2. The first-order chi connectivity index (χ1) is 10.6. The van der Waals surface area contributed by atoms with Gasteiger partial charge in [-0.3, -0.25) is 4.79 Å². The van der Waals surface area contributed by atoms with Crippen molar-refractivity contribution in [3.8, 4) is 5.75 Å². The Bertz CT molecular complexity index is 594. The molecular weight excluding hydrogens is 304 g/mol. The summed E-state index contributed by atoms with van der Waals surface area (Å²) in [5.74, 6) is -1.87. The van der Waals surface area contributed by atoms with Crippen molar-refractivity contribution in [2.24, 2.45) is 5.73 Å². The van der Waals surface area contributed by atoms with Gasteiger partial charge in [0.2, 0.25) is 0 Å². The van der Waals surface area contributed by atoms with Gasteiger partial charge in [-0.25, -0.2) is 9.59 Å². The molecule has 0 fully saturated rings. The van der Waals surface area contributed by atoms with Crippen LogP contribution in [0.3, 0.4) is 0 Å². The average molecular weight is 324 g/mol. The first-order valence-corrected chi connectivity index (χ1v) is 6.82. The number of nitrogens with two attached hydrogens (primary N) is 1. The van der Waals surface area contributed by atoms with Crippen LogP contribution in [0.5, 0.6) is 5.75 Å². The molecule has 1 aromatic rings. The third-order valence-corrected chi connectivity index (χ3v) is 2.51. The van der Waals surface area contributed by atoms with E-state index in [-0.39, 0.29) is 11.3 Å². The van der Waals surface area contributed by atoms with Crippen molar-refractivity contribution in [3.63, 3.8) is 0 Å². The number of carboxylic acids is 1. The summed E-state index contributed by atoms with van der Waals surface area (Å²) in [6.07, 6.45) is -0.880. The van der Waals surface area contributed by atoms with E-state index >= 15 is 0 Å². The highest BCUT2D eigenvalue weighted by Gasteiger charge is 2.27. The lowest BCUT2D eigenvalue weighted by molar-refractivity contribution is -0.139. The molecule has 1 atom stereocenters. The maximum Gasteiger partial charge on any atom is 0.408 e. The van der Waals surface area contributed by atoms with E-state index in [1.54, 1.807) is 32.9 Å². The fraction of sp³-hybridized carbons (Fsp3) is 0.400. The summed E-state index contributed by atoms with van der Waals surface area (Å²) in [6.45, 7) is 4.57. The highest BCUT2D eigenvalue weighted by atomic mass is 16.6. The molecule has 2 amide bonds. The molecule has 0 bridgehead atoms. The number of carboxylic acid groups (broad SMARTS) is 1. The van der Waals surface area contributed by atoms with Crippen molar-refractivity contribution in [2.45, 2.75) is 32.4 Å². The van der Waals surface area contributed by atoms with Gasteiger partial charge in [-0.2, -0.15) is 0 Å². The Morgan fingerprint density at radius 2 is 1.87 bits per heavy atom. The largest absolute Gasteiger partial charge is 0.483 e. The molecule has 8 nitrogen and oxygen atoms in total. The van der Waals surface area contributed by atoms with Gasteiger partial charge in [0.25, 0.3) is 5.91 Å². The Balaban J connectivity index is 3.00. The summed E-state index contributed by atoms with van der Waals surface area (Å²) in [6, 6.07) is 4.73. The molecule has 0 unspecified atom stereocenters. The number of benzene rings is 1. The second-order valence-electron chi connectivity index (χ2n) is 5.71. The Labute approximate surface area is 133 Å². The van der Waals surface area contributed by atoms with Gasteiger partial charge in [0.1, 0.15) is 11.4 Å². The van der Waals surface area contributed by atoms with E-state index in [9.17, 15) is 19.5 Å². The molecule has 8 heteroatoms. The number of rotatable bonds is 6. The van der Waals surface area contributed by atoms with Gasteiger partial charge < -0.3 is 25.6 Å². The number of aliphatic carboxylic acids is 1. The van der Waals surface area contributed by atoms with E-state index in [1.807, 2.05) is 0 Å².